The Morgan fingerprint density at radius 3 is 2.61 bits per heavy atom. The Morgan fingerprint density at radius 1 is 1.22 bits per heavy atom. The van der Waals surface area contributed by atoms with E-state index < -0.39 is 0 Å². The molecule has 18 heavy (non-hydrogen) atoms. The molecular formula is C13H16N4O. The van der Waals surface area contributed by atoms with E-state index in [-0.39, 0.29) is 0 Å². The summed E-state index contributed by atoms with van der Waals surface area (Å²) in [5, 5.41) is 3.12. The number of nitrogens with two attached hydrogens (primary N) is 1. The van der Waals surface area contributed by atoms with Crippen LogP contribution >= 0.6 is 0 Å². The van der Waals surface area contributed by atoms with Gasteiger partial charge in [-0.1, -0.05) is 12.1 Å². The lowest BCUT2D eigenvalue weighted by Crippen LogP contribution is -2.13. The largest absolute Gasteiger partial charge is 0.496 e. The fourth-order valence-corrected chi connectivity index (χ4v) is 1.60. The van der Waals surface area contributed by atoms with E-state index in [1.54, 1.807) is 19.5 Å². The number of aromatic nitrogens is 2. The molecule has 2 aromatic rings. The van der Waals surface area contributed by atoms with Gasteiger partial charge in [0.15, 0.2) is 5.82 Å². The molecular weight excluding hydrogens is 228 g/mol. The number of hydrogen-bond acceptors (Lipinski definition) is 5. The van der Waals surface area contributed by atoms with Crippen LogP contribution in [0.2, 0.25) is 0 Å². The fourth-order valence-electron chi connectivity index (χ4n) is 1.60. The zero-order valence-corrected chi connectivity index (χ0v) is 10.3. The Labute approximate surface area is 106 Å². The lowest BCUT2D eigenvalue weighted by molar-refractivity contribution is 0.416. The van der Waals surface area contributed by atoms with Crippen LogP contribution < -0.4 is 15.8 Å². The molecule has 0 aliphatic carbocycles. The molecule has 5 nitrogen and oxygen atoms in total. The number of para-hydroxylation sites is 1. The standard InChI is InChI=1S/C13H16N4O/c1-18-12-5-3-2-4-11(12)13-16-8-10(9-17-13)15-7-6-14/h2-5,8-9,15H,6-7,14H2,1H3. The second kappa shape index (κ2) is 5.97. The van der Waals surface area contributed by atoms with Gasteiger partial charge < -0.3 is 15.8 Å². The molecule has 0 aliphatic rings. The van der Waals surface area contributed by atoms with Gasteiger partial charge in [-0.15, -0.1) is 0 Å². The topological polar surface area (TPSA) is 73.1 Å². The highest BCUT2D eigenvalue weighted by atomic mass is 16.5. The van der Waals surface area contributed by atoms with Crippen LogP contribution in [0.1, 0.15) is 0 Å². The highest BCUT2D eigenvalue weighted by molar-refractivity contribution is 5.64. The van der Waals surface area contributed by atoms with Gasteiger partial charge in [0.05, 0.1) is 30.8 Å². The van der Waals surface area contributed by atoms with Crippen molar-refractivity contribution in [2.45, 2.75) is 0 Å². The Balaban J connectivity index is 2.23. The maximum absolute atomic E-state index is 5.42. The molecule has 0 amide bonds. The average molecular weight is 244 g/mol. The number of rotatable bonds is 5. The van der Waals surface area contributed by atoms with Crippen molar-refractivity contribution in [3.05, 3.63) is 36.7 Å². The third-order valence-corrected chi connectivity index (χ3v) is 2.47. The molecule has 0 radical (unpaired) electrons. The molecule has 0 spiro atoms. The zero-order valence-electron chi connectivity index (χ0n) is 10.3. The molecule has 2 rings (SSSR count). The SMILES string of the molecule is COc1ccccc1-c1ncc(NCCN)cn1. The van der Waals surface area contributed by atoms with Gasteiger partial charge in [-0.3, -0.25) is 0 Å². The third kappa shape index (κ3) is 2.75. The summed E-state index contributed by atoms with van der Waals surface area (Å²) in [5.41, 5.74) is 7.16. The summed E-state index contributed by atoms with van der Waals surface area (Å²) in [6, 6.07) is 7.67. The molecule has 0 fully saturated rings. The van der Waals surface area contributed by atoms with Crippen molar-refractivity contribution in [3.8, 4) is 17.1 Å². The van der Waals surface area contributed by atoms with Gasteiger partial charge in [-0.05, 0) is 12.1 Å². The lowest BCUT2D eigenvalue weighted by atomic mass is 10.2. The molecule has 0 atom stereocenters. The number of methoxy groups -OCH3 is 1. The summed E-state index contributed by atoms with van der Waals surface area (Å²) in [4.78, 5) is 8.63. The van der Waals surface area contributed by atoms with Crippen LogP contribution in [-0.4, -0.2) is 30.2 Å². The first-order chi connectivity index (χ1) is 8.85. The third-order valence-electron chi connectivity index (χ3n) is 2.47. The fraction of sp³-hybridized carbons (Fsp3) is 0.231. The number of ether oxygens (including phenoxy) is 1. The molecule has 5 heteroatoms. The van der Waals surface area contributed by atoms with Gasteiger partial charge in [-0.25, -0.2) is 9.97 Å². The smallest absolute Gasteiger partial charge is 0.163 e. The summed E-state index contributed by atoms with van der Waals surface area (Å²) < 4.78 is 5.28. The molecule has 0 saturated heterocycles. The maximum atomic E-state index is 5.42. The molecule has 0 aliphatic heterocycles. The number of nitrogens with zero attached hydrogens (tertiary/aromatic N) is 2. The highest BCUT2D eigenvalue weighted by Crippen LogP contribution is 2.26. The first-order valence-corrected chi connectivity index (χ1v) is 5.74. The molecule has 1 heterocycles. The van der Waals surface area contributed by atoms with E-state index in [9.17, 15) is 0 Å². The van der Waals surface area contributed by atoms with E-state index in [0.717, 1.165) is 17.0 Å². The highest BCUT2D eigenvalue weighted by Gasteiger charge is 2.07. The van der Waals surface area contributed by atoms with Crippen LogP contribution in [0.3, 0.4) is 0 Å². The molecule has 1 aromatic carbocycles. The van der Waals surface area contributed by atoms with Crippen molar-refractivity contribution in [1.82, 2.24) is 9.97 Å². The van der Waals surface area contributed by atoms with Crippen LogP contribution in [0.25, 0.3) is 11.4 Å². The summed E-state index contributed by atoms with van der Waals surface area (Å²) in [5.74, 6) is 1.41. The van der Waals surface area contributed by atoms with Crippen molar-refractivity contribution in [1.29, 1.82) is 0 Å². The van der Waals surface area contributed by atoms with E-state index in [2.05, 4.69) is 15.3 Å². The van der Waals surface area contributed by atoms with Gasteiger partial charge in [0.2, 0.25) is 0 Å². The van der Waals surface area contributed by atoms with Crippen LogP contribution in [0.15, 0.2) is 36.7 Å². The second-order valence-electron chi connectivity index (χ2n) is 3.71. The molecule has 3 N–H and O–H groups in total. The van der Waals surface area contributed by atoms with E-state index >= 15 is 0 Å². The Hall–Kier alpha value is -2.14. The first-order valence-electron chi connectivity index (χ1n) is 5.74. The van der Waals surface area contributed by atoms with Crippen molar-refractivity contribution >= 4 is 5.69 Å². The van der Waals surface area contributed by atoms with Gasteiger partial charge in [-0.2, -0.15) is 0 Å². The first kappa shape index (κ1) is 12.3. The predicted molar refractivity (Wildman–Crippen MR) is 71.6 cm³/mol. The average Bonchev–Trinajstić information content (AvgIpc) is 2.45. The van der Waals surface area contributed by atoms with Crippen LogP contribution in [0.4, 0.5) is 5.69 Å². The van der Waals surface area contributed by atoms with Crippen LogP contribution in [-0.2, 0) is 0 Å². The Kier molecular flexibility index (Phi) is 4.09. The minimum absolute atomic E-state index is 0.578. The second-order valence-corrected chi connectivity index (χ2v) is 3.71. The quantitative estimate of drug-likeness (QED) is 0.834. The summed E-state index contributed by atoms with van der Waals surface area (Å²) >= 11 is 0. The maximum Gasteiger partial charge on any atom is 0.163 e. The minimum Gasteiger partial charge on any atom is -0.496 e. The van der Waals surface area contributed by atoms with Gasteiger partial charge in [0, 0.05) is 13.1 Å². The van der Waals surface area contributed by atoms with Crippen molar-refractivity contribution in [2.75, 3.05) is 25.5 Å². The number of anilines is 1. The molecule has 0 bridgehead atoms. The number of benzene rings is 1. The van der Waals surface area contributed by atoms with E-state index in [1.165, 1.54) is 0 Å². The van der Waals surface area contributed by atoms with Crippen molar-refractivity contribution in [3.63, 3.8) is 0 Å². The monoisotopic (exact) mass is 244 g/mol. The minimum atomic E-state index is 0.578. The van der Waals surface area contributed by atoms with E-state index in [1.807, 2.05) is 24.3 Å². The van der Waals surface area contributed by atoms with Gasteiger partial charge >= 0.3 is 0 Å². The number of nitrogens with one attached hydrogen (secondary N) is 1. The molecule has 94 valence electrons. The van der Waals surface area contributed by atoms with E-state index in [4.69, 9.17) is 10.5 Å². The summed E-state index contributed by atoms with van der Waals surface area (Å²) in [6.07, 6.45) is 3.48. The Morgan fingerprint density at radius 2 is 1.94 bits per heavy atom. The van der Waals surface area contributed by atoms with Crippen molar-refractivity contribution < 1.29 is 4.74 Å². The molecule has 0 unspecified atom stereocenters. The van der Waals surface area contributed by atoms with Gasteiger partial charge in [0.25, 0.3) is 0 Å². The normalized spacial score (nSPS) is 10.1. The van der Waals surface area contributed by atoms with Crippen LogP contribution in [0, 0.1) is 0 Å². The number of hydrogen-bond donors (Lipinski definition) is 2. The predicted octanol–water partition coefficient (Wildman–Crippen LogP) is 1.52. The van der Waals surface area contributed by atoms with E-state index in [0.29, 0.717) is 18.9 Å². The zero-order chi connectivity index (χ0) is 12.8. The molecule has 1 aromatic heterocycles. The molecule has 0 saturated carbocycles. The summed E-state index contributed by atoms with van der Waals surface area (Å²) in [6.45, 7) is 1.28. The lowest BCUT2D eigenvalue weighted by Gasteiger charge is -2.08. The van der Waals surface area contributed by atoms with Crippen molar-refractivity contribution in [2.24, 2.45) is 5.73 Å². The summed E-state index contributed by atoms with van der Waals surface area (Å²) in [7, 11) is 1.63. The van der Waals surface area contributed by atoms with Gasteiger partial charge in [0.1, 0.15) is 5.75 Å². The Bertz CT molecular complexity index is 499. The van der Waals surface area contributed by atoms with Crippen LogP contribution in [0.5, 0.6) is 5.75 Å².